The van der Waals surface area contributed by atoms with Crippen LogP contribution in [0.4, 0.5) is 0 Å². The van der Waals surface area contributed by atoms with E-state index in [2.05, 4.69) is 28.4 Å². The van der Waals surface area contributed by atoms with Crippen LogP contribution in [0.25, 0.3) is 0 Å². The smallest absolute Gasteiger partial charge is 0.259 e. The van der Waals surface area contributed by atoms with E-state index in [1.807, 2.05) is 26.1 Å². The molecule has 3 aliphatic carbocycles. The molecule has 5 rings (SSSR count). The Balaban J connectivity index is 1.53. The average Bonchev–Trinajstić information content (AvgIpc) is 3.52. The SMILES string of the molecule is COC1CCC2(CC1)Cc1ccc(CCC3CC3)cc1C21NC(=S)N(CCN(C)C)C1=O. The van der Waals surface area contributed by atoms with Crippen LogP contribution in [0.15, 0.2) is 18.2 Å². The predicted octanol–water partition coefficient (Wildman–Crippen LogP) is 3.63. The summed E-state index contributed by atoms with van der Waals surface area (Å²) in [6.45, 7) is 1.43. The van der Waals surface area contributed by atoms with Crippen LogP contribution in [-0.2, 0) is 27.9 Å². The van der Waals surface area contributed by atoms with E-state index in [0.29, 0.717) is 17.8 Å². The summed E-state index contributed by atoms with van der Waals surface area (Å²) in [7, 11) is 5.89. The van der Waals surface area contributed by atoms with E-state index >= 15 is 0 Å². The van der Waals surface area contributed by atoms with E-state index in [0.717, 1.165) is 51.0 Å². The van der Waals surface area contributed by atoms with Gasteiger partial charge in [-0.1, -0.05) is 31.0 Å². The molecule has 1 N–H and O–H groups in total. The number of likely N-dealkylation sites (N-methyl/N-ethyl adjacent to an activating group) is 1. The van der Waals surface area contributed by atoms with Gasteiger partial charge < -0.3 is 15.0 Å². The van der Waals surface area contributed by atoms with Crippen molar-refractivity contribution in [2.45, 2.75) is 69.4 Å². The third kappa shape index (κ3) is 3.59. The van der Waals surface area contributed by atoms with Gasteiger partial charge in [0.2, 0.25) is 0 Å². The molecule has 1 saturated heterocycles. The molecule has 2 spiro atoms. The Labute approximate surface area is 197 Å². The molecule has 1 atom stereocenters. The standard InChI is InChI=1S/C26H37N3O2S/c1-28(2)14-15-29-23(30)26(27-24(29)32)22-16-19(7-6-18-4-5-18)8-9-20(22)17-25(26)12-10-21(31-3)11-13-25/h8-9,16,18,21H,4-7,10-15,17H2,1-3H3,(H,27,32). The van der Waals surface area contributed by atoms with Crippen molar-refractivity contribution in [1.29, 1.82) is 0 Å². The summed E-state index contributed by atoms with van der Waals surface area (Å²) in [5, 5.41) is 4.25. The quantitative estimate of drug-likeness (QED) is 0.636. The first kappa shape index (κ1) is 22.3. The molecule has 1 amide bonds. The van der Waals surface area contributed by atoms with Crippen LogP contribution in [0.5, 0.6) is 0 Å². The normalized spacial score (nSPS) is 31.8. The number of methoxy groups -OCH3 is 1. The largest absolute Gasteiger partial charge is 0.381 e. The minimum atomic E-state index is -0.722. The number of benzene rings is 1. The van der Waals surface area contributed by atoms with Crippen LogP contribution in [-0.4, -0.2) is 61.2 Å². The van der Waals surface area contributed by atoms with Gasteiger partial charge in [-0.15, -0.1) is 0 Å². The molecule has 2 saturated carbocycles. The van der Waals surface area contributed by atoms with Crippen LogP contribution in [0.3, 0.4) is 0 Å². The van der Waals surface area contributed by atoms with Crippen molar-refractivity contribution < 1.29 is 9.53 Å². The maximum absolute atomic E-state index is 14.3. The maximum Gasteiger partial charge on any atom is 0.259 e. The van der Waals surface area contributed by atoms with Crippen LogP contribution >= 0.6 is 12.2 Å². The fourth-order valence-corrected chi connectivity index (χ4v) is 6.72. The van der Waals surface area contributed by atoms with Crippen LogP contribution in [0, 0.1) is 11.3 Å². The molecule has 5 nitrogen and oxygen atoms in total. The first-order chi connectivity index (χ1) is 15.4. The highest BCUT2D eigenvalue weighted by Crippen LogP contribution is 2.60. The summed E-state index contributed by atoms with van der Waals surface area (Å²) >= 11 is 5.78. The number of nitrogens with one attached hydrogen (secondary N) is 1. The summed E-state index contributed by atoms with van der Waals surface area (Å²) < 4.78 is 5.69. The third-order valence-electron chi connectivity index (χ3n) is 8.54. The number of thiocarbonyl (C=S) groups is 1. The Morgan fingerprint density at radius 2 is 1.97 bits per heavy atom. The number of hydrogen-bond acceptors (Lipinski definition) is 4. The van der Waals surface area contributed by atoms with Gasteiger partial charge in [-0.25, -0.2) is 0 Å². The maximum atomic E-state index is 14.3. The molecule has 0 aromatic heterocycles. The number of fused-ring (bicyclic) bond motifs is 3. The Kier molecular flexibility index (Phi) is 5.83. The highest BCUT2D eigenvalue weighted by Gasteiger charge is 2.67. The molecule has 6 heteroatoms. The molecule has 0 radical (unpaired) electrons. The lowest BCUT2D eigenvalue weighted by Gasteiger charge is -2.46. The summed E-state index contributed by atoms with van der Waals surface area (Å²) in [5.74, 6) is 1.08. The van der Waals surface area contributed by atoms with E-state index < -0.39 is 5.54 Å². The fraction of sp³-hybridized carbons (Fsp3) is 0.692. The molecular weight excluding hydrogens is 418 g/mol. The summed E-state index contributed by atoms with van der Waals surface area (Å²) in [6, 6.07) is 6.95. The van der Waals surface area contributed by atoms with Gasteiger partial charge in [0.15, 0.2) is 10.7 Å². The van der Waals surface area contributed by atoms with Gasteiger partial charge in [-0.2, -0.15) is 0 Å². The van der Waals surface area contributed by atoms with Gasteiger partial charge in [0.1, 0.15) is 0 Å². The van der Waals surface area contributed by atoms with Crippen molar-refractivity contribution in [3.05, 3.63) is 34.9 Å². The van der Waals surface area contributed by atoms with Gasteiger partial charge >= 0.3 is 0 Å². The second-order valence-corrected chi connectivity index (χ2v) is 11.2. The molecular formula is C26H37N3O2S. The molecule has 1 unspecified atom stereocenters. The summed E-state index contributed by atoms with van der Waals surface area (Å²) in [6.07, 6.45) is 10.4. The number of carbonyl (C=O) groups excluding carboxylic acids is 1. The number of rotatable bonds is 7. The summed E-state index contributed by atoms with van der Waals surface area (Å²) in [4.78, 5) is 18.2. The molecule has 1 aromatic rings. The molecule has 0 bridgehead atoms. The second-order valence-electron chi connectivity index (χ2n) is 10.8. The van der Waals surface area contributed by atoms with Crippen molar-refractivity contribution in [3.63, 3.8) is 0 Å². The zero-order valence-electron chi connectivity index (χ0n) is 19.8. The number of nitrogens with zero attached hydrogens (tertiary/aromatic N) is 2. The lowest BCUT2D eigenvalue weighted by atomic mass is 9.61. The highest BCUT2D eigenvalue weighted by atomic mass is 32.1. The number of hydrogen-bond donors (Lipinski definition) is 1. The lowest BCUT2D eigenvalue weighted by molar-refractivity contribution is -0.138. The van der Waals surface area contributed by atoms with Crippen molar-refractivity contribution in [2.75, 3.05) is 34.3 Å². The molecule has 174 valence electrons. The van der Waals surface area contributed by atoms with E-state index in [9.17, 15) is 4.79 Å². The van der Waals surface area contributed by atoms with Crippen molar-refractivity contribution in [2.24, 2.45) is 11.3 Å². The van der Waals surface area contributed by atoms with Crippen LogP contribution < -0.4 is 5.32 Å². The number of amides is 1. The number of aryl methyl sites for hydroxylation is 1. The topological polar surface area (TPSA) is 44.8 Å². The van der Waals surface area contributed by atoms with Crippen LogP contribution in [0.2, 0.25) is 0 Å². The van der Waals surface area contributed by atoms with E-state index in [4.69, 9.17) is 17.0 Å². The van der Waals surface area contributed by atoms with Gasteiger partial charge in [0, 0.05) is 25.6 Å². The fourth-order valence-electron chi connectivity index (χ4n) is 6.39. The first-order valence-electron chi connectivity index (χ1n) is 12.3. The molecule has 3 fully saturated rings. The molecule has 1 aliphatic heterocycles. The molecule has 32 heavy (non-hydrogen) atoms. The van der Waals surface area contributed by atoms with Crippen molar-refractivity contribution in [3.8, 4) is 0 Å². The first-order valence-corrected chi connectivity index (χ1v) is 12.7. The highest BCUT2D eigenvalue weighted by molar-refractivity contribution is 7.80. The van der Waals surface area contributed by atoms with E-state index in [1.165, 1.54) is 36.0 Å². The number of carbonyl (C=O) groups is 1. The van der Waals surface area contributed by atoms with Crippen LogP contribution in [0.1, 0.15) is 61.6 Å². The second kappa shape index (κ2) is 8.37. The van der Waals surface area contributed by atoms with Gasteiger partial charge in [-0.3, -0.25) is 9.69 Å². The zero-order valence-corrected chi connectivity index (χ0v) is 20.6. The Morgan fingerprint density at radius 3 is 2.62 bits per heavy atom. The average molecular weight is 456 g/mol. The van der Waals surface area contributed by atoms with Crippen molar-refractivity contribution >= 4 is 23.2 Å². The number of ether oxygens (including phenoxy) is 1. The lowest BCUT2D eigenvalue weighted by Crippen LogP contribution is -2.57. The third-order valence-corrected chi connectivity index (χ3v) is 8.86. The van der Waals surface area contributed by atoms with Crippen molar-refractivity contribution in [1.82, 2.24) is 15.1 Å². The van der Waals surface area contributed by atoms with E-state index in [-0.39, 0.29) is 11.3 Å². The summed E-state index contributed by atoms with van der Waals surface area (Å²) in [5.41, 5.74) is 3.04. The molecule has 1 heterocycles. The van der Waals surface area contributed by atoms with E-state index in [1.54, 1.807) is 0 Å². The minimum absolute atomic E-state index is 0.131. The molecule has 1 aromatic carbocycles. The predicted molar refractivity (Wildman–Crippen MR) is 131 cm³/mol. The van der Waals surface area contributed by atoms with Gasteiger partial charge in [-0.05, 0) is 93.9 Å². The minimum Gasteiger partial charge on any atom is -0.381 e. The van der Waals surface area contributed by atoms with Gasteiger partial charge in [0.25, 0.3) is 5.91 Å². The molecule has 4 aliphatic rings. The Morgan fingerprint density at radius 1 is 1.22 bits per heavy atom. The Hall–Kier alpha value is -1.50. The zero-order chi connectivity index (χ0) is 22.5. The van der Waals surface area contributed by atoms with Gasteiger partial charge in [0.05, 0.1) is 6.10 Å². The Bertz CT molecular complexity index is 904. The monoisotopic (exact) mass is 455 g/mol.